The largest absolute Gasteiger partial charge is 0.368 e. The summed E-state index contributed by atoms with van der Waals surface area (Å²) in [5, 5.41) is 2.68. The number of benzene rings is 2. The first-order valence-electron chi connectivity index (χ1n) is 8.35. The molecule has 1 saturated heterocycles. The number of carbonyl (C=O) groups is 1. The minimum atomic E-state index is 0.0510. The maximum Gasteiger partial charge on any atom is 0.256 e. The van der Waals surface area contributed by atoms with Crippen LogP contribution in [0, 0.1) is 0 Å². The SMILES string of the molecule is O=C(c1cncc2ccccc12)N1CCN(c2cccc(Cl)c2)CC1. The zero-order valence-corrected chi connectivity index (χ0v) is 14.5. The number of piperazine rings is 1. The van der Waals surface area contributed by atoms with Crippen LogP contribution in [-0.4, -0.2) is 42.0 Å². The normalized spacial score (nSPS) is 14.8. The second-order valence-electron chi connectivity index (χ2n) is 6.17. The van der Waals surface area contributed by atoms with Crippen LogP contribution in [0.3, 0.4) is 0 Å². The van der Waals surface area contributed by atoms with Gasteiger partial charge in [-0.3, -0.25) is 9.78 Å². The monoisotopic (exact) mass is 351 g/mol. The van der Waals surface area contributed by atoms with E-state index in [1.165, 1.54) is 0 Å². The van der Waals surface area contributed by atoms with Crippen LogP contribution in [0.5, 0.6) is 0 Å². The van der Waals surface area contributed by atoms with E-state index in [-0.39, 0.29) is 5.91 Å². The van der Waals surface area contributed by atoms with Crippen molar-refractivity contribution in [1.82, 2.24) is 9.88 Å². The summed E-state index contributed by atoms with van der Waals surface area (Å²) >= 11 is 6.08. The van der Waals surface area contributed by atoms with Crippen LogP contribution < -0.4 is 4.90 Å². The minimum absolute atomic E-state index is 0.0510. The molecule has 1 aromatic heterocycles. The van der Waals surface area contributed by atoms with Gasteiger partial charge in [0.2, 0.25) is 0 Å². The molecule has 25 heavy (non-hydrogen) atoms. The van der Waals surface area contributed by atoms with Crippen LogP contribution in [-0.2, 0) is 0 Å². The van der Waals surface area contributed by atoms with E-state index in [1.54, 1.807) is 12.4 Å². The fourth-order valence-electron chi connectivity index (χ4n) is 3.30. The van der Waals surface area contributed by atoms with Crippen molar-refractivity contribution >= 4 is 34.0 Å². The highest BCUT2D eigenvalue weighted by Crippen LogP contribution is 2.23. The van der Waals surface area contributed by atoms with E-state index in [1.807, 2.05) is 47.4 Å². The third kappa shape index (κ3) is 3.17. The van der Waals surface area contributed by atoms with Gasteiger partial charge in [0, 0.05) is 54.7 Å². The van der Waals surface area contributed by atoms with Gasteiger partial charge in [0.1, 0.15) is 0 Å². The first kappa shape index (κ1) is 15.9. The molecule has 0 N–H and O–H groups in total. The fraction of sp³-hybridized carbons (Fsp3) is 0.200. The van der Waals surface area contributed by atoms with Gasteiger partial charge in [-0.25, -0.2) is 0 Å². The average Bonchev–Trinajstić information content (AvgIpc) is 2.67. The van der Waals surface area contributed by atoms with Crippen molar-refractivity contribution in [3.05, 3.63) is 71.5 Å². The number of hydrogen-bond acceptors (Lipinski definition) is 3. The lowest BCUT2D eigenvalue weighted by atomic mass is 10.1. The quantitative estimate of drug-likeness (QED) is 0.703. The zero-order chi connectivity index (χ0) is 17.2. The van der Waals surface area contributed by atoms with Gasteiger partial charge in [-0.2, -0.15) is 0 Å². The van der Waals surface area contributed by atoms with Crippen LogP contribution in [0.25, 0.3) is 10.8 Å². The molecule has 4 nitrogen and oxygen atoms in total. The van der Waals surface area contributed by atoms with E-state index >= 15 is 0 Å². The maximum atomic E-state index is 13.0. The molecule has 0 bridgehead atoms. The van der Waals surface area contributed by atoms with Gasteiger partial charge in [-0.15, -0.1) is 0 Å². The highest BCUT2D eigenvalue weighted by Gasteiger charge is 2.23. The molecule has 0 unspecified atom stereocenters. The van der Waals surface area contributed by atoms with E-state index in [2.05, 4.69) is 16.0 Å². The Morgan fingerprint density at radius 2 is 1.76 bits per heavy atom. The molecule has 1 aliphatic heterocycles. The molecule has 0 atom stereocenters. The van der Waals surface area contributed by atoms with Crippen LogP contribution >= 0.6 is 11.6 Å². The molecule has 0 spiro atoms. The van der Waals surface area contributed by atoms with Crippen molar-refractivity contribution in [2.45, 2.75) is 0 Å². The lowest BCUT2D eigenvalue weighted by Crippen LogP contribution is -2.48. The van der Waals surface area contributed by atoms with E-state index in [0.717, 1.165) is 34.6 Å². The Bertz CT molecular complexity index is 914. The molecule has 1 aliphatic rings. The molecule has 126 valence electrons. The molecule has 3 aromatic rings. The summed E-state index contributed by atoms with van der Waals surface area (Å²) < 4.78 is 0. The number of hydrogen-bond donors (Lipinski definition) is 0. The number of nitrogens with zero attached hydrogens (tertiary/aromatic N) is 3. The van der Waals surface area contributed by atoms with Crippen molar-refractivity contribution in [3.63, 3.8) is 0 Å². The van der Waals surface area contributed by atoms with Crippen molar-refractivity contribution in [2.75, 3.05) is 31.1 Å². The van der Waals surface area contributed by atoms with E-state index in [0.29, 0.717) is 18.7 Å². The number of amides is 1. The van der Waals surface area contributed by atoms with E-state index in [4.69, 9.17) is 11.6 Å². The van der Waals surface area contributed by atoms with Crippen molar-refractivity contribution in [2.24, 2.45) is 0 Å². The molecule has 4 rings (SSSR count). The van der Waals surface area contributed by atoms with Gasteiger partial charge < -0.3 is 9.80 Å². The summed E-state index contributed by atoms with van der Waals surface area (Å²) in [4.78, 5) is 21.4. The number of pyridine rings is 1. The smallest absolute Gasteiger partial charge is 0.256 e. The summed E-state index contributed by atoms with van der Waals surface area (Å²) in [6.45, 7) is 2.97. The van der Waals surface area contributed by atoms with Gasteiger partial charge >= 0.3 is 0 Å². The third-order valence-corrected chi connectivity index (χ3v) is 4.87. The predicted octanol–water partition coefficient (Wildman–Crippen LogP) is 3.85. The summed E-state index contributed by atoms with van der Waals surface area (Å²) in [7, 11) is 0. The first-order valence-corrected chi connectivity index (χ1v) is 8.73. The molecule has 2 heterocycles. The standard InChI is InChI=1S/C20H18ClN3O/c21-16-5-3-6-17(12-16)23-8-10-24(11-9-23)20(25)19-14-22-13-15-4-1-2-7-18(15)19/h1-7,12-14H,8-11H2. The minimum Gasteiger partial charge on any atom is -0.368 e. The van der Waals surface area contributed by atoms with Gasteiger partial charge in [0.25, 0.3) is 5.91 Å². The fourth-order valence-corrected chi connectivity index (χ4v) is 3.48. The summed E-state index contributed by atoms with van der Waals surface area (Å²) in [6, 6.07) is 15.7. The number of carbonyl (C=O) groups excluding carboxylic acids is 1. The molecule has 2 aromatic carbocycles. The van der Waals surface area contributed by atoms with Crippen LogP contribution in [0.4, 0.5) is 5.69 Å². The molecular weight excluding hydrogens is 334 g/mol. The van der Waals surface area contributed by atoms with Gasteiger partial charge in [-0.05, 0) is 23.6 Å². The molecular formula is C20H18ClN3O. The summed E-state index contributed by atoms with van der Waals surface area (Å²) in [6.07, 6.45) is 3.47. The Hall–Kier alpha value is -2.59. The first-order chi connectivity index (χ1) is 12.2. The van der Waals surface area contributed by atoms with Crippen molar-refractivity contribution in [3.8, 4) is 0 Å². The van der Waals surface area contributed by atoms with Crippen molar-refractivity contribution in [1.29, 1.82) is 0 Å². The molecule has 0 aliphatic carbocycles. The second-order valence-corrected chi connectivity index (χ2v) is 6.60. The second kappa shape index (κ2) is 6.73. The maximum absolute atomic E-state index is 13.0. The Morgan fingerprint density at radius 3 is 2.56 bits per heavy atom. The van der Waals surface area contributed by atoms with Gasteiger partial charge in [0.05, 0.1) is 5.56 Å². The average molecular weight is 352 g/mol. The molecule has 0 radical (unpaired) electrons. The molecule has 0 saturated carbocycles. The van der Waals surface area contributed by atoms with E-state index in [9.17, 15) is 4.79 Å². The highest BCUT2D eigenvalue weighted by atomic mass is 35.5. The number of aromatic nitrogens is 1. The van der Waals surface area contributed by atoms with Gasteiger partial charge in [0.15, 0.2) is 0 Å². The number of fused-ring (bicyclic) bond motifs is 1. The summed E-state index contributed by atoms with van der Waals surface area (Å²) in [5.74, 6) is 0.0510. The van der Waals surface area contributed by atoms with E-state index < -0.39 is 0 Å². The zero-order valence-electron chi connectivity index (χ0n) is 13.7. The van der Waals surface area contributed by atoms with Crippen LogP contribution in [0.1, 0.15) is 10.4 Å². The Labute approximate surface area is 151 Å². The molecule has 5 heteroatoms. The molecule has 1 fully saturated rings. The lowest BCUT2D eigenvalue weighted by Gasteiger charge is -2.36. The molecule has 1 amide bonds. The summed E-state index contributed by atoms with van der Waals surface area (Å²) in [5.41, 5.74) is 1.78. The Kier molecular flexibility index (Phi) is 4.28. The van der Waals surface area contributed by atoms with Crippen molar-refractivity contribution < 1.29 is 4.79 Å². The van der Waals surface area contributed by atoms with Crippen LogP contribution in [0.15, 0.2) is 60.9 Å². The third-order valence-electron chi connectivity index (χ3n) is 4.64. The highest BCUT2D eigenvalue weighted by molar-refractivity contribution is 6.30. The van der Waals surface area contributed by atoms with Gasteiger partial charge in [-0.1, -0.05) is 41.9 Å². The number of anilines is 1. The number of rotatable bonds is 2. The predicted molar refractivity (Wildman–Crippen MR) is 101 cm³/mol. The Balaban J connectivity index is 1.51. The lowest BCUT2D eigenvalue weighted by molar-refractivity contribution is 0.0748. The van der Waals surface area contributed by atoms with Crippen LogP contribution in [0.2, 0.25) is 5.02 Å². The topological polar surface area (TPSA) is 36.4 Å². The number of halogens is 1. The Morgan fingerprint density at radius 1 is 0.960 bits per heavy atom.